The van der Waals surface area contributed by atoms with Crippen molar-refractivity contribution >= 4 is 11.9 Å². The third kappa shape index (κ3) is 3.85. The number of rotatable bonds is 6. The van der Waals surface area contributed by atoms with Crippen molar-refractivity contribution in [2.45, 2.75) is 34.6 Å². The van der Waals surface area contributed by atoms with Crippen LogP contribution < -0.4 is 14.2 Å². The van der Waals surface area contributed by atoms with Gasteiger partial charge >= 0.3 is 0 Å². The third-order valence-corrected chi connectivity index (χ3v) is 5.36. The van der Waals surface area contributed by atoms with E-state index in [2.05, 4.69) is 20.8 Å². The number of ether oxygens (including phenoxy) is 3. The van der Waals surface area contributed by atoms with Gasteiger partial charge < -0.3 is 14.2 Å². The summed E-state index contributed by atoms with van der Waals surface area (Å²) in [5, 5.41) is 0. The molecule has 0 aromatic heterocycles. The highest BCUT2D eigenvalue weighted by molar-refractivity contribution is 6.09. The van der Waals surface area contributed by atoms with Crippen LogP contribution in [-0.2, 0) is 0 Å². The van der Waals surface area contributed by atoms with Gasteiger partial charge in [0.15, 0.2) is 17.3 Å². The van der Waals surface area contributed by atoms with Gasteiger partial charge in [0, 0.05) is 5.56 Å². The summed E-state index contributed by atoms with van der Waals surface area (Å²) >= 11 is 0. The first-order valence-electron chi connectivity index (χ1n) is 8.86. The molecule has 0 radical (unpaired) electrons. The zero-order valence-electron chi connectivity index (χ0n) is 17.4. The van der Waals surface area contributed by atoms with Crippen LogP contribution in [0.2, 0.25) is 0 Å². The minimum atomic E-state index is -0.00930. The molecule has 0 unspecified atom stereocenters. The molecule has 4 nitrogen and oxygen atoms in total. The lowest BCUT2D eigenvalue weighted by Gasteiger charge is -2.17. The van der Waals surface area contributed by atoms with Gasteiger partial charge in [0.1, 0.15) is 0 Å². The van der Waals surface area contributed by atoms with Crippen LogP contribution in [0.5, 0.6) is 17.2 Å². The first-order chi connectivity index (χ1) is 12.8. The summed E-state index contributed by atoms with van der Waals surface area (Å²) in [5.41, 5.74) is 7.23. The highest BCUT2D eigenvalue weighted by Crippen LogP contribution is 2.38. The molecule has 27 heavy (non-hydrogen) atoms. The highest BCUT2D eigenvalue weighted by Gasteiger charge is 2.17. The third-order valence-electron chi connectivity index (χ3n) is 5.36. The van der Waals surface area contributed by atoms with E-state index in [9.17, 15) is 4.79 Å². The van der Waals surface area contributed by atoms with E-state index < -0.39 is 0 Å². The summed E-state index contributed by atoms with van der Waals surface area (Å²) in [7, 11) is 4.70. The largest absolute Gasteiger partial charge is 0.493 e. The van der Waals surface area contributed by atoms with Gasteiger partial charge in [-0.2, -0.15) is 0 Å². The molecule has 0 N–H and O–H groups in total. The molecule has 0 aliphatic heterocycles. The minimum absolute atomic E-state index is 0.00930. The molecule has 144 valence electrons. The van der Waals surface area contributed by atoms with Crippen LogP contribution >= 0.6 is 0 Å². The van der Waals surface area contributed by atoms with Crippen LogP contribution in [0.4, 0.5) is 0 Å². The second-order valence-electron chi connectivity index (χ2n) is 6.66. The van der Waals surface area contributed by atoms with Crippen LogP contribution in [0.25, 0.3) is 6.08 Å². The number of methoxy groups -OCH3 is 3. The lowest BCUT2D eigenvalue weighted by molar-refractivity contribution is 0.104. The Morgan fingerprint density at radius 3 is 1.59 bits per heavy atom. The second-order valence-corrected chi connectivity index (χ2v) is 6.66. The van der Waals surface area contributed by atoms with Crippen molar-refractivity contribution in [2.24, 2.45) is 0 Å². The fourth-order valence-corrected chi connectivity index (χ4v) is 3.32. The number of carbonyl (C=O) groups is 1. The van der Waals surface area contributed by atoms with E-state index in [0.717, 1.165) is 22.3 Å². The maximum absolute atomic E-state index is 12.9. The molecule has 0 spiro atoms. The van der Waals surface area contributed by atoms with Crippen LogP contribution in [-0.4, -0.2) is 27.1 Å². The Hall–Kier alpha value is -2.75. The Labute approximate surface area is 161 Å². The fraction of sp³-hybridized carbons (Fsp3) is 0.348. The van der Waals surface area contributed by atoms with Gasteiger partial charge in [0.2, 0.25) is 5.75 Å². The molecule has 2 rings (SSSR count). The van der Waals surface area contributed by atoms with E-state index in [1.54, 1.807) is 33.5 Å². The van der Waals surface area contributed by atoms with Crippen molar-refractivity contribution in [1.29, 1.82) is 0 Å². The standard InChI is InChI=1S/C23H28O4/c1-13-14(2)16(4)22(17(5)15(13)3)19(24)10-9-18-11-20(25-6)23(27-8)21(12-18)26-7/h9-12H,1-8H3. The van der Waals surface area contributed by atoms with E-state index in [1.807, 2.05) is 26.0 Å². The van der Waals surface area contributed by atoms with Crippen molar-refractivity contribution in [1.82, 2.24) is 0 Å². The number of ketones is 1. The summed E-state index contributed by atoms with van der Waals surface area (Å²) in [4.78, 5) is 12.9. The quantitative estimate of drug-likeness (QED) is 0.522. The average molecular weight is 368 g/mol. The van der Waals surface area contributed by atoms with Crippen LogP contribution in [0, 0.1) is 34.6 Å². The molecular weight excluding hydrogens is 340 g/mol. The Balaban J connectivity index is 2.47. The monoisotopic (exact) mass is 368 g/mol. The van der Waals surface area contributed by atoms with Crippen molar-refractivity contribution in [3.63, 3.8) is 0 Å². The molecule has 0 bridgehead atoms. The first-order valence-corrected chi connectivity index (χ1v) is 8.86. The zero-order chi connectivity index (χ0) is 20.3. The molecule has 2 aromatic rings. The smallest absolute Gasteiger partial charge is 0.203 e. The van der Waals surface area contributed by atoms with Crippen LogP contribution in [0.3, 0.4) is 0 Å². The van der Waals surface area contributed by atoms with Gasteiger partial charge in [0.25, 0.3) is 0 Å². The maximum atomic E-state index is 12.9. The highest BCUT2D eigenvalue weighted by atomic mass is 16.5. The summed E-state index contributed by atoms with van der Waals surface area (Å²) in [6.45, 7) is 10.3. The normalized spacial score (nSPS) is 11.0. The number of allylic oxidation sites excluding steroid dienone is 1. The van der Waals surface area contributed by atoms with E-state index in [1.165, 1.54) is 16.7 Å². The molecule has 0 saturated carbocycles. The van der Waals surface area contributed by atoms with Crippen molar-refractivity contribution in [3.8, 4) is 17.2 Å². The lowest BCUT2D eigenvalue weighted by atomic mass is 9.87. The summed E-state index contributed by atoms with van der Waals surface area (Å²) < 4.78 is 16.1. The van der Waals surface area contributed by atoms with Crippen molar-refractivity contribution in [2.75, 3.05) is 21.3 Å². The number of hydrogen-bond donors (Lipinski definition) is 0. The van der Waals surface area contributed by atoms with Crippen LogP contribution in [0.15, 0.2) is 18.2 Å². The minimum Gasteiger partial charge on any atom is -0.493 e. The van der Waals surface area contributed by atoms with Gasteiger partial charge in [-0.1, -0.05) is 6.08 Å². The molecule has 2 aromatic carbocycles. The Kier molecular flexibility index (Phi) is 6.32. The molecular formula is C23H28O4. The molecule has 4 heteroatoms. The predicted molar refractivity (Wildman–Crippen MR) is 110 cm³/mol. The Bertz CT molecular complexity index is 853. The Morgan fingerprint density at radius 2 is 1.19 bits per heavy atom. The van der Waals surface area contributed by atoms with E-state index in [0.29, 0.717) is 17.2 Å². The summed E-state index contributed by atoms with van der Waals surface area (Å²) in [6, 6.07) is 3.63. The van der Waals surface area contributed by atoms with Crippen molar-refractivity contribution in [3.05, 3.63) is 57.2 Å². The number of benzene rings is 2. The van der Waals surface area contributed by atoms with Gasteiger partial charge in [-0.15, -0.1) is 0 Å². The second kappa shape index (κ2) is 8.30. The molecule has 0 saturated heterocycles. The van der Waals surface area contributed by atoms with Crippen molar-refractivity contribution < 1.29 is 19.0 Å². The average Bonchev–Trinajstić information content (AvgIpc) is 2.68. The van der Waals surface area contributed by atoms with Gasteiger partial charge in [-0.05, 0) is 86.2 Å². The van der Waals surface area contributed by atoms with E-state index >= 15 is 0 Å². The Morgan fingerprint density at radius 1 is 0.741 bits per heavy atom. The number of hydrogen-bond acceptors (Lipinski definition) is 4. The summed E-state index contributed by atoms with van der Waals surface area (Å²) in [6.07, 6.45) is 3.38. The molecule has 0 aliphatic rings. The molecule has 0 amide bonds. The zero-order valence-corrected chi connectivity index (χ0v) is 17.4. The fourth-order valence-electron chi connectivity index (χ4n) is 3.32. The topological polar surface area (TPSA) is 44.8 Å². The summed E-state index contributed by atoms with van der Waals surface area (Å²) in [5.74, 6) is 1.63. The van der Waals surface area contributed by atoms with E-state index in [4.69, 9.17) is 14.2 Å². The SMILES string of the molecule is COc1cc(C=CC(=O)c2c(C)c(C)c(C)c(C)c2C)cc(OC)c1OC. The molecule has 0 aliphatic carbocycles. The number of carbonyl (C=O) groups excluding carboxylic acids is 1. The predicted octanol–water partition coefficient (Wildman–Crippen LogP) is 5.15. The lowest BCUT2D eigenvalue weighted by Crippen LogP contribution is -2.07. The maximum Gasteiger partial charge on any atom is 0.203 e. The molecule has 0 fully saturated rings. The van der Waals surface area contributed by atoms with Gasteiger partial charge in [-0.25, -0.2) is 0 Å². The van der Waals surface area contributed by atoms with Crippen LogP contribution in [0.1, 0.15) is 43.7 Å². The molecule has 0 heterocycles. The van der Waals surface area contributed by atoms with Gasteiger partial charge in [-0.3, -0.25) is 4.79 Å². The van der Waals surface area contributed by atoms with E-state index in [-0.39, 0.29) is 5.78 Å². The first kappa shape index (κ1) is 20.6. The van der Waals surface area contributed by atoms with Gasteiger partial charge in [0.05, 0.1) is 21.3 Å². The molecule has 0 atom stereocenters.